The van der Waals surface area contributed by atoms with Crippen LogP contribution < -0.4 is 5.32 Å². The van der Waals surface area contributed by atoms with Gasteiger partial charge in [-0.05, 0) is 24.1 Å². The van der Waals surface area contributed by atoms with Crippen LogP contribution in [0.25, 0.3) is 0 Å². The lowest BCUT2D eigenvalue weighted by Crippen LogP contribution is -2.29. The van der Waals surface area contributed by atoms with Crippen molar-refractivity contribution in [3.8, 4) is 0 Å². The minimum Gasteiger partial charge on any atom is -0.352 e. The summed E-state index contributed by atoms with van der Waals surface area (Å²) in [5.74, 6) is -1.12. The standard InChI is InChI=1S/C13H17ClFNO3S/c1-3-9(4-2)8-16-13(17)11-7-10(20(14,18)19)5-6-12(11)15/h5-7,9H,3-4,8H2,1-2H3,(H,16,17). The molecule has 0 saturated heterocycles. The Labute approximate surface area is 122 Å². The molecule has 112 valence electrons. The lowest BCUT2D eigenvalue weighted by atomic mass is 10.0. The number of rotatable bonds is 6. The van der Waals surface area contributed by atoms with Crippen LogP contribution in [0.4, 0.5) is 4.39 Å². The quantitative estimate of drug-likeness (QED) is 0.819. The first-order chi connectivity index (χ1) is 9.29. The van der Waals surface area contributed by atoms with Gasteiger partial charge < -0.3 is 5.32 Å². The Bertz CT molecular complexity index is 585. The van der Waals surface area contributed by atoms with Crippen LogP contribution in [0.2, 0.25) is 0 Å². The van der Waals surface area contributed by atoms with Gasteiger partial charge in [-0.3, -0.25) is 4.79 Å². The van der Waals surface area contributed by atoms with E-state index in [9.17, 15) is 17.6 Å². The number of carbonyl (C=O) groups excluding carboxylic acids is 1. The van der Waals surface area contributed by atoms with Crippen LogP contribution in [0.15, 0.2) is 23.1 Å². The van der Waals surface area contributed by atoms with Gasteiger partial charge in [0.05, 0.1) is 10.5 Å². The lowest BCUT2D eigenvalue weighted by Gasteiger charge is -2.13. The molecule has 1 aromatic rings. The Morgan fingerprint density at radius 1 is 1.35 bits per heavy atom. The summed E-state index contributed by atoms with van der Waals surface area (Å²) in [6.07, 6.45) is 1.80. The van der Waals surface area contributed by atoms with Gasteiger partial charge in [0.15, 0.2) is 0 Å². The second kappa shape index (κ2) is 7.04. The third kappa shape index (κ3) is 4.45. The molecule has 0 aliphatic carbocycles. The molecule has 0 aliphatic rings. The third-order valence-electron chi connectivity index (χ3n) is 3.17. The molecule has 1 N–H and O–H groups in total. The van der Waals surface area contributed by atoms with Gasteiger partial charge in [-0.15, -0.1) is 0 Å². The molecule has 0 atom stereocenters. The lowest BCUT2D eigenvalue weighted by molar-refractivity contribution is 0.0942. The van der Waals surface area contributed by atoms with E-state index in [2.05, 4.69) is 5.32 Å². The predicted octanol–water partition coefficient (Wildman–Crippen LogP) is 2.92. The van der Waals surface area contributed by atoms with Crippen molar-refractivity contribution in [3.63, 3.8) is 0 Å². The summed E-state index contributed by atoms with van der Waals surface area (Å²) < 4.78 is 36.0. The Morgan fingerprint density at radius 2 is 1.95 bits per heavy atom. The van der Waals surface area contributed by atoms with Crippen LogP contribution in [0.1, 0.15) is 37.0 Å². The SMILES string of the molecule is CCC(CC)CNC(=O)c1cc(S(=O)(=O)Cl)ccc1F. The largest absolute Gasteiger partial charge is 0.352 e. The second-order valence-corrected chi connectivity index (χ2v) is 7.04. The van der Waals surface area contributed by atoms with Crippen molar-refractivity contribution in [1.82, 2.24) is 5.32 Å². The molecule has 0 saturated carbocycles. The fraction of sp³-hybridized carbons (Fsp3) is 0.462. The van der Waals surface area contributed by atoms with Gasteiger partial charge in [0.2, 0.25) is 0 Å². The molecule has 0 heterocycles. The van der Waals surface area contributed by atoms with Crippen molar-refractivity contribution in [1.29, 1.82) is 0 Å². The number of nitrogens with one attached hydrogen (secondary N) is 1. The maximum Gasteiger partial charge on any atom is 0.261 e. The van der Waals surface area contributed by atoms with Crippen molar-refractivity contribution in [2.75, 3.05) is 6.54 Å². The first-order valence-electron chi connectivity index (χ1n) is 6.32. The van der Waals surface area contributed by atoms with E-state index in [-0.39, 0.29) is 10.5 Å². The normalized spacial score (nSPS) is 11.7. The molecule has 1 amide bonds. The number of hydrogen-bond donors (Lipinski definition) is 1. The average Bonchev–Trinajstić information content (AvgIpc) is 2.38. The van der Waals surface area contributed by atoms with Crippen molar-refractivity contribution in [3.05, 3.63) is 29.6 Å². The molecule has 0 spiro atoms. The van der Waals surface area contributed by atoms with Crippen molar-refractivity contribution in [2.45, 2.75) is 31.6 Å². The molecule has 0 fully saturated rings. The highest BCUT2D eigenvalue weighted by Crippen LogP contribution is 2.19. The van der Waals surface area contributed by atoms with E-state index >= 15 is 0 Å². The zero-order valence-corrected chi connectivity index (χ0v) is 12.9. The fourth-order valence-corrected chi connectivity index (χ4v) is 2.52. The van der Waals surface area contributed by atoms with Gasteiger partial charge in [0.25, 0.3) is 15.0 Å². The van der Waals surface area contributed by atoms with Gasteiger partial charge in [-0.2, -0.15) is 0 Å². The van der Waals surface area contributed by atoms with Crippen LogP contribution in [0, 0.1) is 11.7 Å². The maximum atomic E-state index is 13.6. The first-order valence-corrected chi connectivity index (χ1v) is 8.62. The Kier molecular flexibility index (Phi) is 5.95. The summed E-state index contributed by atoms with van der Waals surface area (Å²) in [6, 6.07) is 2.89. The Balaban J connectivity index is 2.93. The van der Waals surface area contributed by atoms with E-state index in [0.717, 1.165) is 31.0 Å². The fourth-order valence-electron chi connectivity index (χ4n) is 1.74. The van der Waals surface area contributed by atoms with Crippen LogP contribution in [-0.4, -0.2) is 20.9 Å². The number of carbonyl (C=O) groups is 1. The molecule has 4 nitrogen and oxygen atoms in total. The third-order valence-corrected chi connectivity index (χ3v) is 4.52. The minimum absolute atomic E-state index is 0.298. The predicted molar refractivity (Wildman–Crippen MR) is 75.8 cm³/mol. The van der Waals surface area contributed by atoms with Crippen LogP contribution in [0.3, 0.4) is 0 Å². The molecule has 0 radical (unpaired) electrons. The number of benzene rings is 1. The summed E-state index contributed by atoms with van der Waals surface area (Å²) >= 11 is 0. The second-order valence-electron chi connectivity index (χ2n) is 4.47. The molecular formula is C13H17ClFNO3S. The molecule has 0 aromatic heterocycles. The number of halogens is 2. The van der Waals surface area contributed by atoms with Crippen molar-refractivity contribution in [2.24, 2.45) is 5.92 Å². The molecule has 1 rings (SSSR count). The monoisotopic (exact) mass is 321 g/mol. The van der Waals surface area contributed by atoms with Gasteiger partial charge in [-0.1, -0.05) is 26.7 Å². The molecular weight excluding hydrogens is 305 g/mol. The van der Waals surface area contributed by atoms with Gasteiger partial charge in [0.1, 0.15) is 5.82 Å². The first kappa shape index (κ1) is 16.9. The smallest absolute Gasteiger partial charge is 0.261 e. The highest BCUT2D eigenvalue weighted by atomic mass is 35.7. The van der Waals surface area contributed by atoms with Gasteiger partial charge >= 0.3 is 0 Å². The Hall–Kier alpha value is -1.14. The molecule has 20 heavy (non-hydrogen) atoms. The van der Waals surface area contributed by atoms with E-state index in [0.29, 0.717) is 12.5 Å². The van der Waals surface area contributed by atoms with Gasteiger partial charge in [0, 0.05) is 17.2 Å². The topological polar surface area (TPSA) is 63.2 Å². The van der Waals surface area contributed by atoms with Crippen LogP contribution in [-0.2, 0) is 9.05 Å². The number of hydrogen-bond acceptors (Lipinski definition) is 3. The molecule has 1 aromatic carbocycles. The van der Waals surface area contributed by atoms with Crippen LogP contribution >= 0.6 is 10.7 Å². The minimum atomic E-state index is -3.99. The molecule has 0 unspecified atom stereocenters. The van der Waals surface area contributed by atoms with E-state index < -0.39 is 20.8 Å². The van der Waals surface area contributed by atoms with Gasteiger partial charge in [-0.25, -0.2) is 12.8 Å². The summed E-state index contributed by atoms with van der Waals surface area (Å²) in [5.41, 5.74) is -0.322. The highest BCUT2D eigenvalue weighted by Gasteiger charge is 2.18. The zero-order chi connectivity index (χ0) is 15.3. The average molecular weight is 322 g/mol. The molecule has 7 heteroatoms. The molecule has 0 aliphatic heterocycles. The van der Waals surface area contributed by atoms with E-state index in [1.807, 2.05) is 13.8 Å². The van der Waals surface area contributed by atoms with Crippen molar-refractivity contribution >= 4 is 25.6 Å². The van der Waals surface area contributed by atoms with E-state index in [1.54, 1.807) is 0 Å². The highest BCUT2D eigenvalue weighted by molar-refractivity contribution is 8.13. The summed E-state index contributed by atoms with van der Waals surface area (Å²) in [4.78, 5) is 11.6. The molecule has 0 bridgehead atoms. The summed E-state index contributed by atoms with van der Waals surface area (Å²) in [6.45, 7) is 4.42. The summed E-state index contributed by atoms with van der Waals surface area (Å²) in [5, 5.41) is 2.60. The Morgan fingerprint density at radius 3 is 2.45 bits per heavy atom. The van der Waals surface area contributed by atoms with Crippen LogP contribution in [0.5, 0.6) is 0 Å². The summed E-state index contributed by atoms with van der Waals surface area (Å²) in [7, 11) is 1.19. The van der Waals surface area contributed by atoms with Crippen molar-refractivity contribution < 1.29 is 17.6 Å². The maximum absolute atomic E-state index is 13.6. The van der Waals surface area contributed by atoms with E-state index in [4.69, 9.17) is 10.7 Å². The number of amides is 1. The zero-order valence-electron chi connectivity index (χ0n) is 11.3. The van der Waals surface area contributed by atoms with E-state index in [1.165, 1.54) is 0 Å².